The van der Waals surface area contributed by atoms with Crippen LogP contribution in [0.3, 0.4) is 0 Å². The number of fused-ring (bicyclic) bond motifs is 1. The van der Waals surface area contributed by atoms with Crippen LogP contribution >= 0.6 is 0 Å². The van der Waals surface area contributed by atoms with Crippen LogP contribution in [-0.2, 0) is 16.1 Å². The number of aliphatic imine (C=N–C) groups is 1. The van der Waals surface area contributed by atoms with Crippen LogP contribution in [0.15, 0.2) is 29.5 Å². The number of rotatable bonds is 5. The molecule has 28 heavy (non-hydrogen) atoms. The second-order valence-electron chi connectivity index (χ2n) is 8.22. The van der Waals surface area contributed by atoms with Crippen molar-refractivity contribution >= 4 is 29.9 Å². The zero-order chi connectivity index (χ0) is 20.9. The number of nitrogens with zero attached hydrogens (tertiary/aromatic N) is 3. The van der Waals surface area contributed by atoms with Crippen molar-refractivity contribution in [3.05, 3.63) is 30.1 Å². The molecule has 0 saturated heterocycles. The third-order valence-electron chi connectivity index (χ3n) is 3.73. The van der Waals surface area contributed by atoms with Gasteiger partial charge in [0.15, 0.2) is 0 Å². The van der Waals surface area contributed by atoms with E-state index in [4.69, 9.17) is 9.57 Å². The normalized spacial score (nSPS) is 11.9. The summed E-state index contributed by atoms with van der Waals surface area (Å²) < 4.78 is 5.54. The number of hydrazine groups is 1. The number of aromatic amines is 1. The van der Waals surface area contributed by atoms with E-state index >= 15 is 0 Å². The Hall–Kier alpha value is -2.94. The molecule has 152 valence electrons. The van der Waals surface area contributed by atoms with E-state index in [-0.39, 0.29) is 12.0 Å². The smallest absolute Gasteiger partial charge is 0.440 e. The van der Waals surface area contributed by atoms with E-state index < -0.39 is 17.8 Å². The first-order valence-electron chi connectivity index (χ1n) is 8.87. The molecule has 0 aliphatic heterocycles. The summed E-state index contributed by atoms with van der Waals surface area (Å²) in [4.78, 5) is 39.4. The second kappa shape index (κ2) is 8.39. The van der Waals surface area contributed by atoms with Crippen LogP contribution in [0.2, 0.25) is 0 Å². The molecule has 2 aromatic heterocycles. The Labute approximate surface area is 164 Å². The molecule has 0 aromatic carbocycles. The monoisotopic (exact) mass is 389 g/mol. The van der Waals surface area contributed by atoms with Gasteiger partial charge in [-0.1, -0.05) is 25.9 Å². The molecule has 2 N–H and O–H groups in total. The number of hydrogen-bond donors (Lipinski definition) is 2. The minimum atomic E-state index is -1.03. The summed E-state index contributed by atoms with van der Waals surface area (Å²) in [7, 11) is 0. The number of amides is 2. The SMILES string of the molecule is C=NC(=O)ON(NCc1c[nH]c2ncccc12)C(=O)OC(C)(C)CC(C)(C)C. The zero-order valence-corrected chi connectivity index (χ0v) is 16.9. The predicted molar refractivity (Wildman–Crippen MR) is 105 cm³/mol. The van der Waals surface area contributed by atoms with Crippen molar-refractivity contribution in [1.82, 2.24) is 20.6 Å². The van der Waals surface area contributed by atoms with Crippen molar-refractivity contribution in [2.75, 3.05) is 0 Å². The standard InChI is InChI=1S/C19H27N5O4/c1-18(2,3)12-19(4,5)27-17(26)24(28-16(25)20-6)23-11-13-10-22-15-14(13)8-7-9-21-15/h7-10,23H,6,11-12H2,1-5H3,(H,21,22). The third kappa shape index (κ3) is 6.05. The van der Waals surface area contributed by atoms with Gasteiger partial charge in [0.25, 0.3) is 0 Å². The van der Waals surface area contributed by atoms with E-state index in [9.17, 15) is 9.59 Å². The molecular weight excluding hydrogens is 362 g/mol. The molecule has 2 amide bonds. The minimum absolute atomic E-state index is 0.0571. The fourth-order valence-corrected chi connectivity index (χ4v) is 3.15. The van der Waals surface area contributed by atoms with Gasteiger partial charge < -0.3 is 9.72 Å². The van der Waals surface area contributed by atoms with Crippen molar-refractivity contribution < 1.29 is 19.2 Å². The highest BCUT2D eigenvalue weighted by Crippen LogP contribution is 2.29. The molecule has 0 atom stereocenters. The van der Waals surface area contributed by atoms with Crippen LogP contribution in [0.4, 0.5) is 9.59 Å². The van der Waals surface area contributed by atoms with E-state index in [0.717, 1.165) is 10.9 Å². The topological polar surface area (TPSA) is 109 Å². The van der Waals surface area contributed by atoms with Crippen molar-refractivity contribution in [2.24, 2.45) is 10.4 Å². The van der Waals surface area contributed by atoms with Crippen LogP contribution in [0.1, 0.15) is 46.6 Å². The van der Waals surface area contributed by atoms with E-state index in [1.807, 2.05) is 32.9 Å². The lowest BCUT2D eigenvalue weighted by atomic mass is 9.84. The summed E-state index contributed by atoms with van der Waals surface area (Å²) in [5.74, 6) is 0. The van der Waals surface area contributed by atoms with Gasteiger partial charge in [-0.2, -0.15) is 10.4 Å². The van der Waals surface area contributed by atoms with Gasteiger partial charge >= 0.3 is 12.2 Å². The number of hydrogen-bond acceptors (Lipinski definition) is 6. The van der Waals surface area contributed by atoms with E-state index in [2.05, 4.69) is 27.1 Å². The maximum Gasteiger partial charge on any atom is 0.459 e. The largest absolute Gasteiger partial charge is 0.459 e. The van der Waals surface area contributed by atoms with Gasteiger partial charge in [-0.3, -0.25) is 4.84 Å². The van der Waals surface area contributed by atoms with Gasteiger partial charge in [0.05, 0.1) is 0 Å². The van der Waals surface area contributed by atoms with E-state index in [1.165, 1.54) is 0 Å². The number of aromatic nitrogens is 2. The van der Waals surface area contributed by atoms with E-state index in [1.54, 1.807) is 26.2 Å². The molecule has 2 heterocycles. The zero-order valence-electron chi connectivity index (χ0n) is 16.9. The minimum Gasteiger partial charge on any atom is -0.440 e. The van der Waals surface area contributed by atoms with Gasteiger partial charge in [-0.25, -0.2) is 14.6 Å². The third-order valence-corrected chi connectivity index (χ3v) is 3.73. The molecule has 0 unspecified atom stereocenters. The fraction of sp³-hybridized carbons (Fsp3) is 0.474. The number of pyridine rings is 1. The molecule has 0 saturated carbocycles. The number of hydroxylamine groups is 1. The molecule has 9 nitrogen and oxygen atoms in total. The Bertz CT molecular complexity index is 853. The van der Waals surface area contributed by atoms with Crippen molar-refractivity contribution in [1.29, 1.82) is 0 Å². The summed E-state index contributed by atoms with van der Waals surface area (Å²) in [5, 5.41) is 1.51. The first-order chi connectivity index (χ1) is 13.0. The Kier molecular flexibility index (Phi) is 6.40. The molecule has 0 bridgehead atoms. The number of carbonyl (C=O) groups excluding carboxylic acids is 2. The Morgan fingerprint density at radius 2 is 2.04 bits per heavy atom. The number of carbonyl (C=O) groups is 2. The van der Waals surface area contributed by atoms with Crippen LogP contribution in [0.25, 0.3) is 11.0 Å². The molecule has 0 spiro atoms. The Morgan fingerprint density at radius 1 is 1.32 bits per heavy atom. The van der Waals surface area contributed by atoms with Gasteiger partial charge in [0.2, 0.25) is 0 Å². The Balaban J connectivity index is 2.11. The van der Waals surface area contributed by atoms with Gasteiger partial charge in [0.1, 0.15) is 11.2 Å². The van der Waals surface area contributed by atoms with Crippen LogP contribution in [-0.4, -0.2) is 39.6 Å². The summed E-state index contributed by atoms with van der Waals surface area (Å²) in [6.07, 6.45) is 2.16. The average Bonchev–Trinajstić information content (AvgIpc) is 2.98. The quantitative estimate of drug-likeness (QED) is 0.591. The highest BCUT2D eigenvalue weighted by molar-refractivity contribution is 5.79. The maximum atomic E-state index is 12.6. The highest BCUT2D eigenvalue weighted by Gasteiger charge is 2.32. The maximum absolute atomic E-state index is 12.6. The van der Waals surface area contributed by atoms with Gasteiger partial charge in [-0.15, -0.1) is 0 Å². The molecular formula is C19H27N5O4. The van der Waals surface area contributed by atoms with Gasteiger partial charge in [0, 0.05) is 24.3 Å². The van der Waals surface area contributed by atoms with Gasteiger partial charge in [-0.05, 0) is 50.1 Å². The summed E-state index contributed by atoms with van der Waals surface area (Å²) >= 11 is 0. The van der Waals surface area contributed by atoms with Crippen molar-refractivity contribution in [3.8, 4) is 0 Å². The van der Waals surface area contributed by atoms with Crippen LogP contribution in [0, 0.1) is 5.41 Å². The molecule has 0 radical (unpaired) electrons. The second-order valence-corrected chi connectivity index (χ2v) is 8.22. The Morgan fingerprint density at radius 3 is 2.68 bits per heavy atom. The first kappa shape index (κ1) is 21.4. The summed E-state index contributed by atoms with van der Waals surface area (Å²) in [5.41, 5.74) is 3.46. The summed E-state index contributed by atoms with van der Waals surface area (Å²) in [6, 6.07) is 3.70. The molecule has 2 rings (SSSR count). The van der Waals surface area contributed by atoms with Crippen molar-refractivity contribution in [2.45, 2.75) is 53.2 Å². The van der Waals surface area contributed by atoms with Crippen LogP contribution < -0.4 is 5.43 Å². The van der Waals surface area contributed by atoms with Crippen LogP contribution in [0.5, 0.6) is 0 Å². The lowest BCUT2D eigenvalue weighted by Crippen LogP contribution is -2.47. The molecule has 0 aliphatic carbocycles. The number of nitrogens with one attached hydrogen (secondary N) is 2. The lowest BCUT2D eigenvalue weighted by molar-refractivity contribution is -0.136. The molecule has 9 heteroatoms. The average molecular weight is 389 g/mol. The lowest BCUT2D eigenvalue weighted by Gasteiger charge is -2.33. The molecule has 0 fully saturated rings. The number of ether oxygens (including phenoxy) is 1. The molecule has 0 aliphatic rings. The fourth-order valence-electron chi connectivity index (χ4n) is 3.15. The first-order valence-corrected chi connectivity index (χ1v) is 8.87. The number of H-pyrrole nitrogens is 1. The summed E-state index contributed by atoms with van der Waals surface area (Å²) in [6.45, 7) is 13.0. The van der Waals surface area contributed by atoms with Crippen molar-refractivity contribution in [3.63, 3.8) is 0 Å². The predicted octanol–water partition coefficient (Wildman–Crippen LogP) is 3.97. The highest BCUT2D eigenvalue weighted by atomic mass is 16.8. The molecule has 2 aromatic rings. The van der Waals surface area contributed by atoms with E-state index in [0.29, 0.717) is 17.2 Å².